The van der Waals surface area contributed by atoms with E-state index in [0.717, 1.165) is 47.2 Å². The van der Waals surface area contributed by atoms with E-state index in [9.17, 15) is 0 Å². The molecule has 2 atom stereocenters. The molecule has 3 aromatic rings. The minimum absolute atomic E-state index is 0.280. The Kier molecular flexibility index (Phi) is 4.32. The van der Waals surface area contributed by atoms with E-state index >= 15 is 0 Å². The van der Waals surface area contributed by atoms with Crippen molar-refractivity contribution in [2.75, 3.05) is 5.32 Å². The molecule has 1 fully saturated rings. The smallest absolute Gasteiger partial charge is 0.223 e. The lowest BCUT2D eigenvalue weighted by Crippen LogP contribution is -2.21. The van der Waals surface area contributed by atoms with Gasteiger partial charge in [-0.1, -0.05) is 13.8 Å². The number of rotatable bonds is 4. The quantitative estimate of drug-likeness (QED) is 0.750. The second kappa shape index (κ2) is 6.64. The van der Waals surface area contributed by atoms with Crippen LogP contribution in [0.4, 0.5) is 5.95 Å². The molecule has 136 valence electrons. The average Bonchev–Trinajstić information content (AvgIpc) is 3.18. The first-order chi connectivity index (χ1) is 12.5. The van der Waals surface area contributed by atoms with Crippen LogP contribution in [0, 0.1) is 0 Å². The molecule has 1 aliphatic carbocycles. The van der Waals surface area contributed by atoms with Crippen LogP contribution in [-0.4, -0.2) is 36.8 Å². The molecular weight excluding hydrogens is 326 g/mol. The highest BCUT2D eigenvalue weighted by molar-refractivity contribution is 5.83. The second-order valence-electron chi connectivity index (χ2n) is 7.44. The Morgan fingerprint density at radius 2 is 2.12 bits per heavy atom. The standard InChI is InChI=1S/C19H25N7/c1-11(2)17-15-8-12(10-22-18(15)26(3)25-17)16-6-7-21-19(24-16)23-14-5-4-13(20)9-14/h6-8,10-11,13-14H,4-5,9,20H2,1-3H3,(H,21,23,24)/t13-,14-/m0/s1. The zero-order chi connectivity index (χ0) is 18.3. The molecule has 0 aromatic carbocycles. The fourth-order valence-electron chi connectivity index (χ4n) is 3.65. The summed E-state index contributed by atoms with van der Waals surface area (Å²) in [5.41, 5.74) is 9.78. The van der Waals surface area contributed by atoms with E-state index in [1.54, 1.807) is 6.20 Å². The van der Waals surface area contributed by atoms with Gasteiger partial charge in [0.2, 0.25) is 5.95 Å². The van der Waals surface area contributed by atoms with Gasteiger partial charge in [0.15, 0.2) is 5.65 Å². The number of pyridine rings is 1. The van der Waals surface area contributed by atoms with Crippen LogP contribution in [0.2, 0.25) is 0 Å². The molecule has 7 nitrogen and oxygen atoms in total. The summed E-state index contributed by atoms with van der Waals surface area (Å²) in [4.78, 5) is 13.7. The SMILES string of the molecule is CC(C)c1nn(C)c2ncc(-c3ccnc(N[C@H]4CC[C@H](N)C4)n3)cc12. The molecule has 1 aliphatic rings. The number of aromatic nitrogens is 5. The highest BCUT2D eigenvalue weighted by atomic mass is 15.3. The Morgan fingerprint density at radius 3 is 2.85 bits per heavy atom. The van der Waals surface area contributed by atoms with Crippen molar-refractivity contribution in [1.82, 2.24) is 24.7 Å². The molecule has 3 N–H and O–H groups in total. The second-order valence-corrected chi connectivity index (χ2v) is 7.44. The highest BCUT2D eigenvalue weighted by Crippen LogP contribution is 2.28. The maximum atomic E-state index is 6.00. The van der Waals surface area contributed by atoms with E-state index in [0.29, 0.717) is 17.9 Å². The average molecular weight is 351 g/mol. The normalized spacial score (nSPS) is 20.2. The van der Waals surface area contributed by atoms with Gasteiger partial charge in [-0.25, -0.2) is 15.0 Å². The summed E-state index contributed by atoms with van der Waals surface area (Å²) in [7, 11) is 1.93. The van der Waals surface area contributed by atoms with Crippen LogP contribution in [0.25, 0.3) is 22.3 Å². The molecule has 0 unspecified atom stereocenters. The van der Waals surface area contributed by atoms with Gasteiger partial charge in [0.25, 0.3) is 0 Å². The summed E-state index contributed by atoms with van der Waals surface area (Å²) in [6.45, 7) is 4.29. The van der Waals surface area contributed by atoms with Crippen molar-refractivity contribution in [3.05, 3.63) is 30.2 Å². The molecule has 0 aliphatic heterocycles. The van der Waals surface area contributed by atoms with Gasteiger partial charge in [0.1, 0.15) is 0 Å². The topological polar surface area (TPSA) is 94.5 Å². The molecule has 0 saturated heterocycles. The van der Waals surface area contributed by atoms with E-state index in [2.05, 4.69) is 45.3 Å². The van der Waals surface area contributed by atoms with Gasteiger partial charge in [0.05, 0.1) is 11.4 Å². The molecule has 3 heterocycles. The largest absolute Gasteiger partial charge is 0.351 e. The number of nitrogens with zero attached hydrogens (tertiary/aromatic N) is 5. The van der Waals surface area contributed by atoms with E-state index in [4.69, 9.17) is 5.73 Å². The van der Waals surface area contributed by atoms with Crippen LogP contribution < -0.4 is 11.1 Å². The Balaban J connectivity index is 1.67. The van der Waals surface area contributed by atoms with Crippen molar-refractivity contribution in [1.29, 1.82) is 0 Å². The molecule has 1 saturated carbocycles. The summed E-state index contributed by atoms with van der Waals surface area (Å²) in [6.07, 6.45) is 6.73. The van der Waals surface area contributed by atoms with Crippen molar-refractivity contribution >= 4 is 17.0 Å². The van der Waals surface area contributed by atoms with Crippen molar-refractivity contribution in [2.45, 2.75) is 51.1 Å². The predicted molar refractivity (Wildman–Crippen MR) is 103 cm³/mol. The van der Waals surface area contributed by atoms with Gasteiger partial charge in [-0.05, 0) is 37.3 Å². The number of hydrogen-bond donors (Lipinski definition) is 2. The highest BCUT2D eigenvalue weighted by Gasteiger charge is 2.22. The number of fused-ring (bicyclic) bond motifs is 1. The lowest BCUT2D eigenvalue weighted by atomic mass is 10.1. The minimum Gasteiger partial charge on any atom is -0.351 e. The summed E-state index contributed by atoms with van der Waals surface area (Å²) < 4.78 is 1.84. The molecule has 0 amide bonds. The Hall–Kier alpha value is -2.54. The maximum absolute atomic E-state index is 6.00. The van der Waals surface area contributed by atoms with Crippen molar-refractivity contribution in [2.24, 2.45) is 12.8 Å². The van der Waals surface area contributed by atoms with E-state index in [-0.39, 0.29) is 6.04 Å². The molecule has 0 spiro atoms. The fraction of sp³-hybridized carbons (Fsp3) is 0.474. The Morgan fingerprint density at radius 1 is 1.27 bits per heavy atom. The van der Waals surface area contributed by atoms with Crippen LogP contribution >= 0.6 is 0 Å². The number of hydrogen-bond acceptors (Lipinski definition) is 6. The van der Waals surface area contributed by atoms with Crippen LogP contribution in [0.5, 0.6) is 0 Å². The van der Waals surface area contributed by atoms with Crippen LogP contribution in [-0.2, 0) is 7.05 Å². The molecule has 0 radical (unpaired) electrons. The van der Waals surface area contributed by atoms with Gasteiger partial charge in [-0.3, -0.25) is 4.68 Å². The number of nitrogens with two attached hydrogens (primary N) is 1. The molecule has 3 aromatic heterocycles. The first-order valence-electron chi connectivity index (χ1n) is 9.19. The number of aryl methyl sites for hydroxylation is 1. The molecule has 4 rings (SSSR count). The van der Waals surface area contributed by atoms with E-state index in [1.807, 2.05) is 24.0 Å². The van der Waals surface area contributed by atoms with E-state index < -0.39 is 0 Å². The molecular formula is C19H25N7. The molecule has 0 bridgehead atoms. The third-order valence-corrected chi connectivity index (χ3v) is 5.01. The van der Waals surface area contributed by atoms with Crippen molar-refractivity contribution in [3.8, 4) is 11.3 Å². The fourth-order valence-corrected chi connectivity index (χ4v) is 3.65. The van der Waals surface area contributed by atoms with Crippen molar-refractivity contribution in [3.63, 3.8) is 0 Å². The summed E-state index contributed by atoms with van der Waals surface area (Å²) in [5.74, 6) is 0.988. The third kappa shape index (κ3) is 3.14. The lowest BCUT2D eigenvalue weighted by molar-refractivity contribution is 0.685. The monoisotopic (exact) mass is 351 g/mol. The van der Waals surface area contributed by atoms with Gasteiger partial charge in [-0.15, -0.1) is 0 Å². The third-order valence-electron chi connectivity index (χ3n) is 5.01. The predicted octanol–water partition coefficient (Wildman–Crippen LogP) is 2.84. The lowest BCUT2D eigenvalue weighted by Gasteiger charge is -2.12. The molecule has 7 heteroatoms. The zero-order valence-electron chi connectivity index (χ0n) is 15.5. The van der Waals surface area contributed by atoms with Gasteiger partial charge in [-0.2, -0.15) is 5.10 Å². The number of anilines is 1. The van der Waals surface area contributed by atoms with Gasteiger partial charge < -0.3 is 11.1 Å². The zero-order valence-corrected chi connectivity index (χ0v) is 15.5. The first kappa shape index (κ1) is 16.9. The first-order valence-corrected chi connectivity index (χ1v) is 9.19. The maximum Gasteiger partial charge on any atom is 0.223 e. The Labute approximate surface area is 153 Å². The van der Waals surface area contributed by atoms with Gasteiger partial charge in [0, 0.05) is 42.5 Å². The minimum atomic E-state index is 0.280. The molecule has 26 heavy (non-hydrogen) atoms. The van der Waals surface area contributed by atoms with Crippen molar-refractivity contribution < 1.29 is 0 Å². The summed E-state index contributed by atoms with van der Waals surface area (Å²) >= 11 is 0. The van der Waals surface area contributed by atoms with E-state index in [1.165, 1.54) is 0 Å². The number of nitrogens with one attached hydrogen (secondary N) is 1. The van der Waals surface area contributed by atoms with Crippen LogP contribution in [0.1, 0.15) is 44.7 Å². The van der Waals surface area contributed by atoms with Crippen LogP contribution in [0.3, 0.4) is 0 Å². The summed E-state index contributed by atoms with van der Waals surface area (Å²) in [5, 5.41) is 9.11. The van der Waals surface area contributed by atoms with Crippen LogP contribution in [0.15, 0.2) is 24.5 Å². The summed E-state index contributed by atoms with van der Waals surface area (Å²) in [6, 6.07) is 4.68. The van der Waals surface area contributed by atoms with Gasteiger partial charge >= 0.3 is 0 Å². The Bertz CT molecular complexity index is 931.